The van der Waals surface area contributed by atoms with Crippen LogP contribution < -0.4 is 37.5 Å². The van der Waals surface area contributed by atoms with Gasteiger partial charge in [0.15, 0.2) is 5.75 Å². The molecular formula is C22H36N2O5. The predicted octanol–water partition coefficient (Wildman–Crippen LogP) is 2.03. The van der Waals surface area contributed by atoms with Gasteiger partial charge >= 0.3 is 0 Å². The molecule has 0 fully saturated rings. The first kappa shape index (κ1) is 26.7. The van der Waals surface area contributed by atoms with Crippen molar-refractivity contribution in [2.24, 2.45) is 17.6 Å². The van der Waals surface area contributed by atoms with Crippen molar-refractivity contribution in [3.05, 3.63) is 52.0 Å². The Bertz CT molecular complexity index is 905. The summed E-state index contributed by atoms with van der Waals surface area (Å²) >= 11 is 0. The smallest absolute Gasteiger partial charge is 0.268 e. The van der Waals surface area contributed by atoms with Crippen LogP contribution in [0.4, 0.5) is 5.69 Å². The predicted molar refractivity (Wildman–Crippen MR) is 120 cm³/mol. The maximum atomic E-state index is 11.1. The molecule has 0 unspecified atom stereocenters. The minimum absolute atomic E-state index is 0.224. The van der Waals surface area contributed by atoms with Crippen molar-refractivity contribution in [2.75, 3.05) is 11.9 Å². The number of hydrogen-bond acceptors (Lipinski definition) is 7. The van der Waals surface area contributed by atoms with E-state index in [0.717, 1.165) is 0 Å². The lowest BCUT2D eigenvalue weighted by Gasteiger charge is -2.20. The molecule has 0 aromatic heterocycles. The summed E-state index contributed by atoms with van der Waals surface area (Å²) in [5.74, 6) is 1.32. The third-order valence-corrected chi connectivity index (χ3v) is 4.95. The molecule has 0 radical (unpaired) electrons. The van der Waals surface area contributed by atoms with Crippen LogP contribution in [0.3, 0.4) is 0 Å². The molecule has 29 heavy (non-hydrogen) atoms. The third kappa shape index (κ3) is 7.24. The Kier molecular flexibility index (Phi) is 10.7. The minimum Gasteiger partial charge on any atom is -0.489 e. The fraction of sp³-hybridized carbons (Fsp3) is 0.636. The van der Waals surface area contributed by atoms with E-state index in [2.05, 4.69) is 33.0 Å². The van der Waals surface area contributed by atoms with E-state index < -0.39 is 10.9 Å². The Hall–Kier alpha value is -2.28. The van der Waals surface area contributed by atoms with Crippen molar-refractivity contribution in [3.8, 4) is 5.75 Å². The number of ether oxygens (including phenoxy) is 1. The van der Waals surface area contributed by atoms with Crippen molar-refractivity contribution < 1.29 is 4.74 Å². The normalized spacial score (nSPS) is 12.8. The molecule has 0 saturated heterocycles. The van der Waals surface area contributed by atoms with E-state index in [1.54, 1.807) is 20.8 Å². The standard InChI is InChI=1S/C10H15NO2.C7H8O3.C5H13N/c1-5(2)7(4)11-8-6(3)9(12)10(8)13;1-3-10-7-4(2)5(8)6(7)9;1-4(2)5(3)6/h5,7,11H,1-4H3;3H2,1-2H3;4-5H,6H2,1-3H3/t7-;;5-/m0.0/s1. The van der Waals surface area contributed by atoms with Crippen molar-refractivity contribution in [2.45, 2.75) is 74.4 Å². The first-order chi connectivity index (χ1) is 13.3. The van der Waals surface area contributed by atoms with E-state index in [-0.39, 0.29) is 22.6 Å². The summed E-state index contributed by atoms with van der Waals surface area (Å²) in [5.41, 5.74) is 5.34. The second-order valence-electron chi connectivity index (χ2n) is 7.98. The van der Waals surface area contributed by atoms with E-state index in [4.69, 9.17) is 10.5 Å². The molecule has 0 aliphatic rings. The number of anilines is 1. The molecule has 0 saturated carbocycles. The lowest BCUT2D eigenvalue weighted by Crippen LogP contribution is -2.39. The van der Waals surface area contributed by atoms with Crippen LogP contribution in [-0.4, -0.2) is 18.7 Å². The van der Waals surface area contributed by atoms with Crippen LogP contribution in [0.1, 0.15) is 59.6 Å². The van der Waals surface area contributed by atoms with Gasteiger partial charge in [-0.1, -0.05) is 27.7 Å². The van der Waals surface area contributed by atoms with E-state index in [0.29, 0.717) is 41.3 Å². The first-order valence-electron chi connectivity index (χ1n) is 10.0. The van der Waals surface area contributed by atoms with Crippen LogP contribution >= 0.6 is 0 Å². The first-order valence-corrected chi connectivity index (χ1v) is 10.0. The van der Waals surface area contributed by atoms with Crippen LogP contribution in [0.15, 0.2) is 19.2 Å². The van der Waals surface area contributed by atoms with Crippen molar-refractivity contribution in [1.82, 2.24) is 0 Å². The maximum Gasteiger partial charge on any atom is 0.268 e. The van der Waals surface area contributed by atoms with E-state index in [1.165, 1.54) is 0 Å². The fourth-order valence-corrected chi connectivity index (χ4v) is 1.88. The largest absolute Gasteiger partial charge is 0.489 e. The Balaban J connectivity index is 0.000000436. The Morgan fingerprint density at radius 3 is 1.55 bits per heavy atom. The molecule has 0 bridgehead atoms. The van der Waals surface area contributed by atoms with Gasteiger partial charge in [0.2, 0.25) is 16.3 Å². The highest BCUT2D eigenvalue weighted by atomic mass is 16.5. The molecule has 7 nitrogen and oxygen atoms in total. The monoisotopic (exact) mass is 408 g/mol. The summed E-state index contributed by atoms with van der Waals surface area (Å²) in [5, 5.41) is 3.05. The minimum atomic E-state index is -0.487. The molecule has 2 rings (SSSR count). The number of rotatable bonds is 6. The zero-order valence-electron chi connectivity index (χ0n) is 19.1. The van der Waals surface area contributed by atoms with Crippen LogP contribution in [0.5, 0.6) is 5.75 Å². The molecule has 0 spiro atoms. The Morgan fingerprint density at radius 2 is 1.24 bits per heavy atom. The summed E-state index contributed by atoms with van der Waals surface area (Å²) in [7, 11) is 0. The van der Waals surface area contributed by atoms with Gasteiger partial charge in [0.05, 0.1) is 12.3 Å². The van der Waals surface area contributed by atoms with Crippen LogP contribution in [0, 0.1) is 25.7 Å². The lowest BCUT2D eigenvalue weighted by atomic mass is 10.0. The quantitative estimate of drug-likeness (QED) is 0.703. The fourth-order valence-electron chi connectivity index (χ4n) is 1.88. The summed E-state index contributed by atoms with van der Waals surface area (Å²) in [6, 6.07) is 0.576. The molecule has 0 aliphatic carbocycles. The molecule has 3 N–H and O–H groups in total. The summed E-state index contributed by atoms with van der Waals surface area (Å²) in [6.45, 7) is 17.9. The number of nitrogens with one attached hydrogen (secondary N) is 1. The second kappa shape index (κ2) is 11.7. The van der Waals surface area contributed by atoms with Gasteiger partial charge in [0, 0.05) is 23.2 Å². The summed E-state index contributed by atoms with van der Waals surface area (Å²) < 4.78 is 4.88. The third-order valence-electron chi connectivity index (χ3n) is 4.95. The van der Waals surface area contributed by atoms with Crippen molar-refractivity contribution >= 4 is 5.69 Å². The number of nitrogens with two attached hydrogens (primary N) is 1. The topological polar surface area (TPSA) is 116 Å². The molecular weight excluding hydrogens is 372 g/mol. The summed E-state index contributed by atoms with van der Waals surface area (Å²) in [6.07, 6.45) is 0. The highest BCUT2D eigenvalue weighted by Gasteiger charge is 2.19. The second-order valence-corrected chi connectivity index (χ2v) is 7.98. The van der Waals surface area contributed by atoms with Gasteiger partial charge in [0.25, 0.3) is 5.43 Å². The van der Waals surface area contributed by atoms with Gasteiger partial charge in [-0.15, -0.1) is 0 Å². The van der Waals surface area contributed by atoms with Gasteiger partial charge < -0.3 is 15.8 Å². The van der Waals surface area contributed by atoms with Gasteiger partial charge in [-0.2, -0.15) is 0 Å². The maximum absolute atomic E-state index is 11.1. The molecule has 2 atom stereocenters. The van der Waals surface area contributed by atoms with Crippen LogP contribution in [-0.2, 0) is 0 Å². The van der Waals surface area contributed by atoms with Crippen molar-refractivity contribution in [1.29, 1.82) is 0 Å². The van der Waals surface area contributed by atoms with Gasteiger partial charge in [-0.05, 0) is 46.5 Å². The van der Waals surface area contributed by atoms with Gasteiger partial charge in [-0.3, -0.25) is 19.2 Å². The highest BCUT2D eigenvalue weighted by molar-refractivity contribution is 5.56. The molecule has 0 amide bonds. The molecule has 0 aliphatic heterocycles. The SMILES string of the molecule is CC(C)[C@H](C)N.CCOc1c(C)c(=O)c1=O.Cc1c(N[C@@H](C)C(C)C)c(=O)c1=O. The molecule has 2 aromatic carbocycles. The molecule has 0 heterocycles. The molecule has 7 heteroatoms. The summed E-state index contributed by atoms with van der Waals surface area (Å²) in [4.78, 5) is 43.1. The highest BCUT2D eigenvalue weighted by Crippen LogP contribution is 2.11. The average molecular weight is 409 g/mol. The van der Waals surface area contributed by atoms with Crippen LogP contribution in [0.2, 0.25) is 0 Å². The zero-order chi connectivity index (χ0) is 23.0. The molecule has 164 valence electrons. The van der Waals surface area contributed by atoms with E-state index in [1.807, 2.05) is 13.8 Å². The Morgan fingerprint density at radius 1 is 0.793 bits per heavy atom. The van der Waals surface area contributed by atoms with Gasteiger partial charge in [-0.25, -0.2) is 0 Å². The molecule has 2 aromatic rings. The van der Waals surface area contributed by atoms with Crippen molar-refractivity contribution in [3.63, 3.8) is 0 Å². The average Bonchev–Trinajstić information content (AvgIpc) is 2.68. The lowest BCUT2D eigenvalue weighted by molar-refractivity contribution is 0.330. The zero-order valence-corrected chi connectivity index (χ0v) is 19.1. The van der Waals surface area contributed by atoms with E-state index >= 15 is 0 Å². The van der Waals surface area contributed by atoms with E-state index in [9.17, 15) is 19.2 Å². The van der Waals surface area contributed by atoms with Gasteiger partial charge in [0.1, 0.15) is 0 Å². The Labute approximate surface area is 172 Å². The number of hydrogen-bond donors (Lipinski definition) is 2. The van der Waals surface area contributed by atoms with Crippen LogP contribution in [0.25, 0.3) is 0 Å².